The SMILES string of the molecule is COC(C)CC[C@H](N)CO. The minimum Gasteiger partial charge on any atom is -0.395 e. The zero-order valence-corrected chi connectivity index (χ0v) is 6.71. The third kappa shape index (κ3) is 4.73. The number of hydrogen-bond acceptors (Lipinski definition) is 3. The summed E-state index contributed by atoms with van der Waals surface area (Å²) in [6, 6.07) is -0.0856. The van der Waals surface area contributed by atoms with Crippen LogP contribution in [-0.2, 0) is 4.74 Å². The lowest BCUT2D eigenvalue weighted by atomic mass is 10.1. The van der Waals surface area contributed by atoms with Crippen molar-refractivity contribution in [3.63, 3.8) is 0 Å². The molecule has 3 heteroatoms. The summed E-state index contributed by atoms with van der Waals surface area (Å²) in [6.07, 6.45) is 1.99. The van der Waals surface area contributed by atoms with Gasteiger partial charge in [-0.1, -0.05) is 0 Å². The van der Waals surface area contributed by atoms with Crippen molar-refractivity contribution in [3.8, 4) is 0 Å². The molecule has 0 saturated heterocycles. The Kier molecular flexibility index (Phi) is 5.58. The van der Waals surface area contributed by atoms with Crippen LogP contribution in [0.15, 0.2) is 0 Å². The molecule has 0 bridgehead atoms. The molecule has 0 amide bonds. The highest BCUT2D eigenvalue weighted by atomic mass is 16.5. The van der Waals surface area contributed by atoms with Crippen LogP contribution in [0.25, 0.3) is 0 Å². The van der Waals surface area contributed by atoms with E-state index in [0.29, 0.717) is 0 Å². The van der Waals surface area contributed by atoms with Crippen molar-refractivity contribution in [1.82, 2.24) is 0 Å². The highest BCUT2D eigenvalue weighted by Gasteiger charge is 2.03. The standard InChI is InChI=1S/C7H17NO2/c1-6(10-2)3-4-7(8)5-9/h6-7,9H,3-5,8H2,1-2H3/t6?,7-/m0/s1. The molecule has 3 N–H and O–H groups in total. The summed E-state index contributed by atoms with van der Waals surface area (Å²) in [4.78, 5) is 0. The van der Waals surface area contributed by atoms with Gasteiger partial charge in [0.05, 0.1) is 12.7 Å². The van der Waals surface area contributed by atoms with Crippen LogP contribution in [-0.4, -0.2) is 31.0 Å². The van der Waals surface area contributed by atoms with Gasteiger partial charge in [-0.2, -0.15) is 0 Å². The monoisotopic (exact) mass is 147 g/mol. The summed E-state index contributed by atoms with van der Waals surface area (Å²) in [7, 11) is 1.68. The number of ether oxygens (including phenoxy) is 1. The van der Waals surface area contributed by atoms with E-state index in [1.807, 2.05) is 6.92 Å². The van der Waals surface area contributed by atoms with Crippen molar-refractivity contribution < 1.29 is 9.84 Å². The first-order valence-electron chi connectivity index (χ1n) is 3.60. The van der Waals surface area contributed by atoms with Gasteiger partial charge in [0.25, 0.3) is 0 Å². The Morgan fingerprint density at radius 1 is 1.50 bits per heavy atom. The summed E-state index contributed by atoms with van der Waals surface area (Å²) >= 11 is 0. The lowest BCUT2D eigenvalue weighted by Gasteiger charge is -2.11. The number of hydrogen-bond donors (Lipinski definition) is 2. The summed E-state index contributed by atoms with van der Waals surface area (Å²) in [5.74, 6) is 0. The zero-order chi connectivity index (χ0) is 7.98. The topological polar surface area (TPSA) is 55.5 Å². The molecule has 0 aliphatic rings. The normalized spacial score (nSPS) is 16.8. The molecule has 0 spiro atoms. The maximum atomic E-state index is 8.55. The Balaban J connectivity index is 3.17. The molecule has 2 atom stereocenters. The maximum absolute atomic E-state index is 8.55. The number of aliphatic hydroxyl groups excluding tert-OH is 1. The lowest BCUT2D eigenvalue weighted by molar-refractivity contribution is 0.104. The fraction of sp³-hybridized carbons (Fsp3) is 1.00. The van der Waals surface area contributed by atoms with Crippen molar-refractivity contribution in [3.05, 3.63) is 0 Å². The molecule has 3 nitrogen and oxygen atoms in total. The highest BCUT2D eigenvalue weighted by molar-refractivity contribution is 4.61. The van der Waals surface area contributed by atoms with Crippen molar-refractivity contribution in [2.45, 2.75) is 31.9 Å². The second kappa shape index (κ2) is 5.65. The van der Waals surface area contributed by atoms with Crippen molar-refractivity contribution >= 4 is 0 Å². The average Bonchev–Trinajstić information content (AvgIpc) is 1.99. The summed E-state index contributed by atoms with van der Waals surface area (Å²) in [6.45, 7) is 2.06. The van der Waals surface area contributed by atoms with E-state index in [0.717, 1.165) is 12.8 Å². The molecule has 0 radical (unpaired) electrons. The first kappa shape index (κ1) is 9.88. The minimum absolute atomic E-state index is 0.0659. The third-order valence-electron chi connectivity index (χ3n) is 1.58. The minimum atomic E-state index is -0.0856. The first-order valence-corrected chi connectivity index (χ1v) is 3.60. The quantitative estimate of drug-likeness (QED) is 0.580. The predicted molar refractivity (Wildman–Crippen MR) is 40.8 cm³/mol. The summed E-state index contributed by atoms with van der Waals surface area (Å²) in [5, 5.41) is 8.55. The van der Waals surface area contributed by atoms with Gasteiger partial charge in [-0.05, 0) is 19.8 Å². The molecule has 0 heterocycles. The molecule has 0 aromatic carbocycles. The molecule has 0 saturated carbocycles. The molecule has 0 aromatic rings. The molecule has 0 rings (SSSR count). The van der Waals surface area contributed by atoms with E-state index in [-0.39, 0.29) is 18.8 Å². The molecule has 0 aromatic heterocycles. The largest absolute Gasteiger partial charge is 0.395 e. The maximum Gasteiger partial charge on any atom is 0.0582 e. The van der Waals surface area contributed by atoms with Crippen LogP contribution < -0.4 is 5.73 Å². The second-order valence-corrected chi connectivity index (χ2v) is 2.57. The lowest BCUT2D eigenvalue weighted by Crippen LogP contribution is -2.25. The fourth-order valence-corrected chi connectivity index (χ4v) is 0.658. The number of rotatable bonds is 5. The second-order valence-electron chi connectivity index (χ2n) is 2.57. The molecule has 0 aliphatic carbocycles. The molecule has 10 heavy (non-hydrogen) atoms. The van der Waals surface area contributed by atoms with Crippen LogP contribution in [0.1, 0.15) is 19.8 Å². The van der Waals surface area contributed by atoms with Crippen LogP contribution >= 0.6 is 0 Å². The Hall–Kier alpha value is -0.120. The van der Waals surface area contributed by atoms with E-state index in [2.05, 4.69) is 0 Å². The highest BCUT2D eigenvalue weighted by Crippen LogP contribution is 2.01. The van der Waals surface area contributed by atoms with Crippen LogP contribution in [0, 0.1) is 0 Å². The van der Waals surface area contributed by atoms with Gasteiger partial charge in [0.15, 0.2) is 0 Å². The van der Waals surface area contributed by atoms with Gasteiger partial charge >= 0.3 is 0 Å². The van der Waals surface area contributed by atoms with Crippen LogP contribution in [0.5, 0.6) is 0 Å². The van der Waals surface area contributed by atoms with Crippen LogP contribution in [0.3, 0.4) is 0 Å². The van der Waals surface area contributed by atoms with Gasteiger partial charge in [-0.25, -0.2) is 0 Å². The molecule has 0 aliphatic heterocycles. The van der Waals surface area contributed by atoms with Gasteiger partial charge in [0.2, 0.25) is 0 Å². The Labute approximate surface area is 62.2 Å². The Bertz CT molecular complexity index is 68.0. The first-order chi connectivity index (χ1) is 4.70. The van der Waals surface area contributed by atoms with Gasteiger partial charge in [0, 0.05) is 13.2 Å². The molecule has 62 valence electrons. The van der Waals surface area contributed by atoms with E-state index >= 15 is 0 Å². The van der Waals surface area contributed by atoms with Crippen LogP contribution in [0.2, 0.25) is 0 Å². The van der Waals surface area contributed by atoms with E-state index in [1.54, 1.807) is 7.11 Å². The van der Waals surface area contributed by atoms with E-state index in [4.69, 9.17) is 15.6 Å². The number of methoxy groups -OCH3 is 1. The van der Waals surface area contributed by atoms with E-state index in [9.17, 15) is 0 Å². The fourth-order valence-electron chi connectivity index (χ4n) is 0.658. The van der Waals surface area contributed by atoms with Crippen molar-refractivity contribution in [2.24, 2.45) is 5.73 Å². The Morgan fingerprint density at radius 3 is 2.50 bits per heavy atom. The van der Waals surface area contributed by atoms with Crippen molar-refractivity contribution in [2.75, 3.05) is 13.7 Å². The molecular formula is C7H17NO2. The smallest absolute Gasteiger partial charge is 0.0582 e. The molecular weight excluding hydrogens is 130 g/mol. The van der Waals surface area contributed by atoms with E-state index < -0.39 is 0 Å². The Morgan fingerprint density at radius 2 is 2.10 bits per heavy atom. The summed E-state index contributed by atoms with van der Waals surface area (Å²) < 4.78 is 5.01. The number of nitrogens with two attached hydrogens (primary N) is 1. The summed E-state index contributed by atoms with van der Waals surface area (Å²) in [5.41, 5.74) is 5.47. The average molecular weight is 147 g/mol. The van der Waals surface area contributed by atoms with Gasteiger partial charge in [-0.15, -0.1) is 0 Å². The van der Waals surface area contributed by atoms with Gasteiger partial charge in [0.1, 0.15) is 0 Å². The third-order valence-corrected chi connectivity index (χ3v) is 1.58. The zero-order valence-electron chi connectivity index (χ0n) is 6.71. The van der Waals surface area contributed by atoms with Crippen molar-refractivity contribution in [1.29, 1.82) is 0 Å². The van der Waals surface area contributed by atoms with Gasteiger partial charge in [-0.3, -0.25) is 0 Å². The van der Waals surface area contributed by atoms with Crippen LogP contribution in [0.4, 0.5) is 0 Å². The van der Waals surface area contributed by atoms with Gasteiger partial charge < -0.3 is 15.6 Å². The van der Waals surface area contributed by atoms with E-state index in [1.165, 1.54) is 0 Å². The predicted octanol–water partition coefficient (Wildman–Crippen LogP) is 0.121. The number of aliphatic hydroxyl groups is 1. The molecule has 0 fully saturated rings. The molecule has 1 unspecified atom stereocenters.